The summed E-state index contributed by atoms with van der Waals surface area (Å²) in [6.45, 7) is 1.30. The smallest absolute Gasteiger partial charge is 0.535 e. The van der Waals surface area contributed by atoms with Gasteiger partial charge in [0.05, 0.1) is 0 Å². The molecule has 1 radical (unpaired) electrons. The number of aliphatic carboxylic acids is 1. The second kappa shape index (κ2) is 5.56. The van der Waals surface area contributed by atoms with Crippen LogP contribution in [0.3, 0.4) is 0 Å². The van der Waals surface area contributed by atoms with Gasteiger partial charge >= 0.3 is 13.7 Å². The molecule has 0 saturated carbocycles. The van der Waals surface area contributed by atoms with Gasteiger partial charge < -0.3 is 20.5 Å². The van der Waals surface area contributed by atoms with Crippen LogP contribution in [-0.4, -0.2) is 29.3 Å². The van der Waals surface area contributed by atoms with Gasteiger partial charge in [-0.1, -0.05) is 11.6 Å². The molecule has 0 fully saturated rings. The van der Waals surface area contributed by atoms with Gasteiger partial charge in [0.15, 0.2) is 5.82 Å². The Labute approximate surface area is 109 Å². The molecule has 8 heteroatoms. The number of benzene rings is 1. The number of rotatable bonds is 5. The SMILES string of the molecule is C[C@@](N)(Cc1cc(F)c(O[B]O)cc1Cl)C(=O)O. The van der Waals surface area contributed by atoms with Crippen LogP contribution in [0.1, 0.15) is 12.5 Å². The molecule has 1 aromatic rings. The highest BCUT2D eigenvalue weighted by Gasteiger charge is 2.29. The predicted molar refractivity (Wildman–Crippen MR) is 63.9 cm³/mol. The predicted octanol–water partition coefficient (Wildman–Crippen LogP) is 0.729. The number of carbonyl (C=O) groups is 1. The van der Waals surface area contributed by atoms with Gasteiger partial charge in [-0.25, -0.2) is 4.39 Å². The van der Waals surface area contributed by atoms with E-state index >= 15 is 0 Å². The summed E-state index contributed by atoms with van der Waals surface area (Å²) < 4.78 is 18.0. The summed E-state index contributed by atoms with van der Waals surface area (Å²) in [6.07, 6.45) is -0.138. The first kappa shape index (κ1) is 14.8. The van der Waals surface area contributed by atoms with Gasteiger partial charge in [0.2, 0.25) is 0 Å². The van der Waals surface area contributed by atoms with Gasteiger partial charge in [-0.05, 0) is 18.6 Å². The molecule has 0 aromatic heterocycles. The van der Waals surface area contributed by atoms with Crippen LogP contribution in [0.25, 0.3) is 0 Å². The summed E-state index contributed by atoms with van der Waals surface area (Å²) in [5, 5.41) is 17.4. The first-order valence-corrected chi connectivity index (χ1v) is 5.28. The molecule has 4 N–H and O–H groups in total. The maximum absolute atomic E-state index is 13.5. The van der Waals surface area contributed by atoms with Gasteiger partial charge in [-0.15, -0.1) is 0 Å². The van der Waals surface area contributed by atoms with E-state index in [1.54, 1.807) is 0 Å². The minimum Gasteiger partial charge on any atom is -0.535 e. The summed E-state index contributed by atoms with van der Waals surface area (Å²) in [4.78, 5) is 10.9. The first-order valence-electron chi connectivity index (χ1n) is 4.90. The fraction of sp³-hybridized carbons (Fsp3) is 0.300. The monoisotopic (exact) mass is 274 g/mol. The molecule has 0 unspecified atom stereocenters. The Morgan fingerprint density at radius 3 is 2.78 bits per heavy atom. The summed E-state index contributed by atoms with van der Waals surface area (Å²) >= 11 is 5.86. The maximum Gasteiger partial charge on any atom is 0.569 e. The Bertz CT molecular complexity index is 469. The minimum atomic E-state index is -1.55. The van der Waals surface area contributed by atoms with Crippen LogP contribution in [0.15, 0.2) is 12.1 Å². The minimum absolute atomic E-state index is 0.103. The average Bonchev–Trinajstić information content (AvgIpc) is 2.25. The van der Waals surface area contributed by atoms with Gasteiger partial charge in [0, 0.05) is 17.5 Å². The van der Waals surface area contributed by atoms with Crippen molar-refractivity contribution in [3.05, 3.63) is 28.5 Å². The summed E-state index contributed by atoms with van der Waals surface area (Å²) in [6, 6.07) is 2.16. The van der Waals surface area contributed by atoms with Gasteiger partial charge in [-0.2, -0.15) is 0 Å². The lowest BCUT2D eigenvalue weighted by Gasteiger charge is -2.20. The molecular formula is C10H11BClFNO4. The summed E-state index contributed by atoms with van der Waals surface area (Å²) in [5.74, 6) is -2.26. The van der Waals surface area contributed by atoms with E-state index < -0.39 is 17.3 Å². The highest BCUT2D eigenvalue weighted by molar-refractivity contribution is 6.31. The number of halogens is 2. The van der Waals surface area contributed by atoms with Crippen molar-refractivity contribution >= 4 is 25.3 Å². The lowest BCUT2D eigenvalue weighted by atomic mass is 9.94. The standard InChI is InChI=1S/C10H11BClFNO4/c1-10(14,9(15)16)4-5-2-7(13)8(18-11-17)3-6(5)12/h2-3,17H,4,14H2,1H3,(H,15,16)/t10-/m1/s1. The normalized spacial score (nSPS) is 13.8. The number of carboxylic acid groups (broad SMARTS) is 1. The quantitative estimate of drug-likeness (QED) is 0.688. The van der Waals surface area contributed by atoms with Crippen molar-refractivity contribution in [3.63, 3.8) is 0 Å². The van der Waals surface area contributed by atoms with E-state index in [4.69, 9.17) is 27.5 Å². The van der Waals surface area contributed by atoms with Gasteiger partial charge in [-0.3, -0.25) is 4.79 Å². The van der Waals surface area contributed by atoms with Crippen LogP contribution in [0.2, 0.25) is 5.02 Å². The number of nitrogens with two attached hydrogens (primary N) is 1. The second-order valence-corrected chi connectivity index (χ2v) is 4.40. The zero-order chi connectivity index (χ0) is 13.9. The largest absolute Gasteiger partial charge is 0.569 e. The van der Waals surface area contributed by atoms with E-state index in [2.05, 4.69) is 4.65 Å². The summed E-state index contributed by atoms with van der Waals surface area (Å²) in [7, 11) is 0.318. The molecule has 97 valence electrons. The molecule has 0 aliphatic heterocycles. The number of carboxylic acids is 1. The van der Waals surface area contributed by atoms with Crippen molar-refractivity contribution in [2.45, 2.75) is 18.9 Å². The molecule has 0 amide bonds. The zero-order valence-electron chi connectivity index (χ0n) is 9.48. The van der Waals surface area contributed by atoms with Crippen molar-refractivity contribution in [1.82, 2.24) is 0 Å². The Balaban J connectivity index is 3.05. The third-order valence-electron chi connectivity index (χ3n) is 2.33. The van der Waals surface area contributed by atoms with Gasteiger partial charge in [0.25, 0.3) is 0 Å². The van der Waals surface area contributed by atoms with Crippen LogP contribution >= 0.6 is 11.6 Å². The van der Waals surface area contributed by atoms with E-state index in [0.717, 1.165) is 12.1 Å². The van der Waals surface area contributed by atoms with E-state index in [1.807, 2.05) is 0 Å². The highest BCUT2D eigenvalue weighted by atomic mass is 35.5. The lowest BCUT2D eigenvalue weighted by Crippen LogP contribution is -2.46. The topological polar surface area (TPSA) is 92.8 Å². The fourth-order valence-corrected chi connectivity index (χ4v) is 1.54. The fourth-order valence-electron chi connectivity index (χ4n) is 1.32. The molecule has 0 aliphatic carbocycles. The number of hydrogen-bond acceptors (Lipinski definition) is 4. The molecule has 1 aromatic carbocycles. The van der Waals surface area contributed by atoms with E-state index in [1.165, 1.54) is 6.92 Å². The zero-order valence-corrected chi connectivity index (χ0v) is 10.2. The highest BCUT2D eigenvalue weighted by Crippen LogP contribution is 2.28. The molecule has 1 atom stereocenters. The average molecular weight is 274 g/mol. The van der Waals surface area contributed by atoms with Crippen molar-refractivity contribution < 1.29 is 24.0 Å². The second-order valence-electron chi connectivity index (χ2n) is 4.00. The molecular weight excluding hydrogens is 263 g/mol. The molecule has 0 bridgehead atoms. The number of hydrogen-bond donors (Lipinski definition) is 3. The van der Waals surface area contributed by atoms with Crippen molar-refractivity contribution in [2.24, 2.45) is 5.73 Å². The Morgan fingerprint density at radius 2 is 2.28 bits per heavy atom. The van der Waals surface area contributed by atoms with Crippen LogP contribution in [0, 0.1) is 5.82 Å². The molecule has 0 spiro atoms. The molecule has 18 heavy (non-hydrogen) atoms. The van der Waals surface area contributed by atoms with Crippen molar-refractivity contribution in [2.75, 3.05) is 0 Å². The van der Waals surface area contributed by atoms with Crippen molar-refractivity contribution in [3.8, 4) is 5.75 Å². The van der Waals surface area contributed by atoms with E-state index in [0.29, 0.717) is 7.69 Å². The Morgan fingerprint density at radius 1 is 1.67 bits per heavy atom. The molecule has 0 saturated heterocycles. The summed E-state index contributed by atoms with van der Waals surface area (Å²) in [5.41, 5.74) is 4.24. The third-order valence-corrected chi connectivity index (χ3v) is 2.68. The van der Waals surface area contributed by atoms with E-state index in [9.17, 15) is 9.18 Å². The third kappa shape index (κ3) is 3.35. The first-order chi connectivity index (χ1) is 8.27. The van der Waals surface area contributed by atoms with Crippen LogP contribution in [-0.2, 0) is 11.2 Å². The van der Waals surface area contributed by atoms with Crippen LogP contribution < -0.4 is 10.4 Å². The van der Waals surface area contributed by atoms with Gasteiger partial charge in [0.1, 0.15) is 11.3 Å². The van der Waals surface area contributed by atoms with Crippen LogP contribution in [0.5, 0.6) is 5.75 Å². The Hall–Kier alpha value is -1.31. The Kier molecular flexibility index (Phi) is 4.56. The molecule has 1 rings (SSSR count). The molecule has 5 nitrogen and oxygen atoms in total. The van der Waals surface area contributed by atoms with Crippen LogP contribution in [0.4, 0.5) is 4.39 Å². The molecule has 0 aliphatic rings. The van der Waals surface area contributed by atoms with Crippen molar-refractivity contribution in [1.29, 1.82) is 0 Å². The molecule has 0 heterocycles. The lowest BCUT2D eigenvalue weighted by molar-refractivity contribution is -0.142. The maximum atomic E-state index is 13.5. The van der Waals surface area contributed by atoms with E-state index in [-0.39, 0.29) is 22.8 Å².